The zero-order valence-corrected chi connectivity index (χ0v) is 10.7. The Kier molecular flexibility index (Phi) is 3.34. The highest BCUT2D eigenvalue weighted by Crippen LogP contribution is 2.40. The normalized spacial score (nSPS) is 25.6. The first kappa shape index (κ1) is 11.7. The van der Waals surface area contributed by atoms with Crippen molar-refractivity contribution >= 4 is 0 Å². The van der Waals surface area contributed by atoms with Crippen molar-refractivity contribution in [3.8, 4) is 0 Å². The molecule has 1 aliphatic rings. The van der Waals surface area contributed by atoms with Crippen LogP contribution in [0.25, 0.3) is 0 Å². The van der Waals surface area contributed by atoms with Gasteiger partial charge >= 0.3 is 0 Å². The third-order valence-corrected chi connectivity index (χ3v) is 3.85. The van der Waals surface area contributed by atoms with Crippen LogP contribution in [0.3, 0.4) is 0 Å². The maximum Gasteiger partial charge on any atom is 0.0353 e. The third-order valence-electron chi connectivity index (χ3n) is 3.85. The standard InChI is InChI=1S/C15H23N/c1-4-16-11-10-15(2,3)12-14(16)13-8-6-5-7-9-13/h5-9,14H,4,10-12H2,1-3H3/t14-/m1/s1. The van der Waals surface area contributed by atoms with Crippen LogP contribution in [0.15, 0.2) is 30.3 Å². The Hall–Kier alpha value is -0.820. The molecule has 1 aromatic carbocycles. The van der Waals surface area contributed by atoms with Gasteiger partial charge in [0.15, 0.2) is 0 Å². The fraction of sp³-hybridized carbons (Fsp3) is 0.600. The smallest absolute Gasteiger partial charge is 0.0353 e. The lowest BCUT2D eigenvalue weighted by Gasteiger charge is -2.43. The van der Waals surface area contributed by atoms with Crippen LogP contribution in [0.1, 0.15) is 45.2 Å². The minimum atomic E-state index is 0.492. The van der Waals surface area contributed by atoms with Gasteiger partial charge in [-0.15, -0.1) is 0 Å². The number of rotatable bonds is 2. The van der Waals surface area contributed by atoms with Gasteiger partial charge < -0.3 is 0 Å². The maximum atomic E-state index is 2.61. The van der Waals surface area contributed by atoms with Crippen LogP contribution in [0.2, 0.25) is 0 Å². The predicted molar refractivity (Wildman–Crippen MR) is 69.4 cm³/mol. The Balaban J connectivity index is 2.22. The molecule has 1 aliphatic heterocycles. The summed E-state index contributed by atoms with van der Waals surface area (Å²) in [5.41, 5.74) is 1.98. The zero-order chi connectivity index (χ0) is 11.6. The molecule has 1 atom stereocenters. The van der Waals surface area contributed by atoms with Gasteiger partial charge in [-0.25, -0.2) is 0 Å². The van der Waals surface area contributed by atoms with Crippen molar-refractivity contribution in [3.05, 3.63) is 35.9 Å². The fourth-order valence-corrected chi connectivity index (χ4v) is 2.74. The molecular weight excluding hydrogens is 194 g/mol. The highest BCUT2D eigenvalue weighted by Gasteiger charge is 2.32. The van der Waals surface area contributed by atoms with E-state index in [0.717, 1.165) is 6.54 Å². The molecule has 0 spiro atoms. The summed E-state index contributed by atoms with van der Waals surface area (Å²) in [6, 6.07) is 11.6. The van der Waals surface area contributed by atoms with Crippen molar-refractivity contribution in [2.24, 2.45) is 5.41 Å². The van der Waals surface area contributed by atoms with Gasteiger partial charge in [-0.3, -0.25) is 4.90 Å². The molecule has 0 saturated carbocycles. The molecule has 1 saturated heterocycles. The molecule has 1 heteroatoms. The van der Waals surface area contributed by atoms with Crippen LogP contribution in [0, 0.1) is 5.41 Å². The van der Waals surface area contributed by atoms with E-state index in [1.165, 1.54) is 24.9 Å². The Morgan fingerprint density at radius 3 is 2.56 bits per heavy atom. The molecule has 0 radical (unpaired) electrons. The maximum absolute atomic E-state index is 2.61. The molecule has 0 N–H and O–H groups in total. The van der Waals surface area contributed by atoms with E-state index in [0.29, 0.717) is 11.5 Å². The van der Waals surface area contributed by atoms with E-state index < -0.39 is 0 Å². The van der Waals surface area contributed by atoms with Gasteiger partial charge in [0.25, 0.3) is 0 Å². The number of hydrogen-bond donors (Lipinski definition) is 0. The summed E-state index contributed by atoms with van der Waals surface area (Å²) in [7, 11) is 0. The monoisotopic (exact) mass is 217 g/mol. The zero-order valence-electron chi connectivity index (χ0n) is 10.7. The Bertz CT molecular complexity index is 329. The van der Waals surface area contributed by atoms with Crippen LogP contribution in [-0.4, -0.2) is 18.0 Å². The average molecular weight is 217 g/mol. The topological polar surface area (TPSA) is 3.24 Å². The summed E-state index contributed by atoms with van der Waals surface area (Å²) in [5, 5.41) is 0. The molecule has 0 aromatic heterocycles. The number of benzene rings is 1. The van der Waals surface area contributed by atoms with Crippen molar-refractivity contribution in [2.75, 3.05) is 13.1 Å². The van der Waals surface area contributed by atoms with Crippen molar-refractivity contribution < 1.29 is 0 Å². The SMILES string of the molecule is CCN1CCC(C)(C)C[C@@H]1c1ccccc1. The van der Waals surface area contributed by atoms with E-state index in [-0.39, 0.29) is 0 Å². The van der Waals surface area contributed by atoms with E-state index in [4.69, 9.17) is 0 Å². The first-order chi connectivity index (χ1) is 7.62. The molecule has 0 bridgehead atoms. The van der Waals surface area contributed by atoms with Crippen molar-refractivity contribution in [1.29, 1.82) is 0 Å². The molecular formula is C15H23N. The summed E-state index contributed by atoms with van der Waals surface area (Å²) in [6.45, 7) is 9.47. The van der Waals surface area contributed by atoms with E-state index in [1.54, 1.807) is 0 Å². The Morgan fingerprint density at radius 1 is 1.25 bits per heavy atom. The van der Waals surface area contributed by atoms with Crippen LogP contribution >= 0.6 is 0 Å². The largest absolute Gasteiger partial charge is 0.297 e. The number of hydrogen-bond acceptors (Lipinski definition) is 1. The minimum Gasteiger partial charge on any atom is -0.297 e. The lowest BCUT2D eigenvalue weighted by atomic mass is 9.77. The first-order valence-corrected chi connectivity index (χ1v) is 6.41. The van der Waals surface area contributed by atoms with Gasteiger partial charge in [-0.2, -0.15) is 0 Å². The van der Waals surface area contributed by atoms with Gasteiger partial charge in [0.2, 0.25) is 0 Å². The van der Waals surface area contributed by atoms with Gasteiger partial charge in [-0.1, -0.05) is 51.1 Å². The van der Waals surface area contributed by atoms with Crippen molar-refractivity contribution in [1.82, 2.24) is 4.90 Å². The lowest BCUT2D eigenvalue weighted by Crippen LogP contribution is -2.39. The van der Waals surface area contributed by atoms with Gasteiger partial charge in [0, 0.05) is 6.04 Å². The predicted octanol–water partition coefficient (Wildman–Crippen LogP) is 3.87. The second-order valence-corrected chi connectivity index (χ2v) is 5.67. The first-order valence-electron chi connectivity index (χ1n) is 6.41. The van der Waals surface area contributed by atoms with E-state index >= 15 is 0 Å². The molecule has 1 heterocycles. The van der Waals surface area contributed by atoms with Crippen LogP contribution in [-0.2, 0) is 0 Å². The molecule has 0 amide bonds. The summed E-state index contributed by atoms with van der Waals surface area (Å²) in [6.07, 6.45) is 2.61. The van der Waals surface area contributed by atoms with Gasteiger partial charge in [0.05, 0.1) is 0 Å². The number of piperidine rings is 1. The van der Waals surface area contributed by atoms with Crippen LogP contribution in [0.4, 0.5) is 0 Å². The van der Waals surface area contributed by atoms with E-state index in [1.807, 2.05) is 0 Å². The average Bonchev–Trinajstić information content (AvgIpc) is 2.29. The van der Waals surface area contributed by atoms with Crippen molar-refractivity contribution in [2.45, 2.75) is 39.7 Å². The third kappa shape index (κ3) is 2.46. The summed E-state index contributed by atoms with van der Waals surface area (Å²) in [4.78, 5) is 2.61. The Labute approximate surface area is 99.5 Å². The molecule has 0 unspecified atom stereocenters. The fourth-order valence-electron chi connectivity index (χ4n) is 2.74. The van der Waals surface area contributed by atoms with E-state index in [2.05, 4.69) is 56.0 Å². The van der Waals surface area contributed by atoms with Crippen molar-refractivity contribution in [3.63, 3.8) is 0 Å². The van der Waals surface area contributed by atoms with Crippen LogP contribution in [0.5, 0.6) is 0 Å². The molecule has 88 valence electrons. The van der Waals surface area contributed by atoms with Gasteiger partial charge in [0.1, 0.15) is 0 Å². The number of likely N-dealkylation sites (tertiary alicyclic amines) is 1. The molecule has 2 rings (SSSR count). The quantitative estimate of drug-likeness (QED) is 0.727. The minimum absolute atomic E-state index is 0.492. The molecule has 1 aromatic rings. The summed E-state index contributed by atoms with van der Waals surface area (Å²) >= 11 is 0. The number of nitrogens with zero attached hydrogens (tertiary/aromatic N) is 1. The van der Waals surface area contributed by atoms with Gasteiger partial charge in [-0.05, 0) is 36.9 Å². The summed E-state index contributed by atoms with van der Waals surface area (Å²) in [5.74, 6) is 0. The molecule has 0 aliphatic carbocycles. The molecule has 1 fully saturated rings. The Morgan fingerprint density at radius 2 is 1.94 bits per heavy atom. The molecule has 1 nitrogen and oxygen atoms in total. The van der Waals surface area contributed by atoms with Crippen LogP contribution < -0.4 is 0 Å². The highest BCUT2D eigenvalue weighted by atomic mass is 15.2. The molecule has 16 heavy (non-hydrogen) atoms. The lowest BCUT2D eigenvalue weighted by molar-refractivity contribution is 0.0746. The van der Waals surface area contributed by atoms with E-state index in [9.17, 15) is 0 Å². The second kappa shape index (κ2) is 4.58. The second-order valence-electron chi connectivity index (χ2n) is 5.67. The summed E-state index contributed by atoms with van der Waals surface area (Å²) < 4.78 is 0. The highest BCUT2D eigenvalue weighted by molar-refractivity contribution is 5.20.